The van der Waals surface area contributed by atoms with Gasteiger partial charge in [0.1, 0.15) is 17.6 Å². The van der Waals surface area contributed by atoms with E-state index in [2.05, 4.69) is 20.8 Å². The molecule has 3 rings (SSSR count). The van der Waals surface area contributed by atoms with Crippen molar-refractivity contribution in [1.82, 2.24) is 14.8 Å². The minimum absolute atomic E-state index is 0.523. The monoisotopic (exact) mass is 308 g/mol. The molecule has 5 nitrogen and oxygen atoms in total. The summed E-state index contributed by atoms with van der Waals surface area (Å²) in [7, 11) is 1.64. The summed E-state index contributed by atoms with van der Waals surface area (Å²) in [5.41, 5.74) is 2.53. The zero-order valence-corrected chi connectivity index (χ0v) is 13.5. The van der Waals surface area contributed by atoms with Gasteiger partial charge in [-0.2, -0.15) is 5.26 Å². The first-order valence-electron chi connectivity index (χ1n) is 7.92. The molecule has 0 spiro atoms. The molecule has 2 heterocycles. The van der Waals surface area contributed by atoms with Crippen LogP contribution in [0.5, 0.6) is 5.75 Å². The molecule has 0 unspecified atom stereocenters. The van der Waals surface area contributed by atoms with Crippen molar-refractivity contribution in [3.8, 4) is 11.8 Å². The van der Waals surface area contributed by atoms with E-state index in [1.54, 1.807) is 7.11 Å². The molecular weight excluding hydrogens is 288 g/mol. The number of aryl methyl sites for hydroxylation is 2. The molecule has 2 aromatic rings. The van der Waals surface area contributed by atoms with Gasteiger partial charge in [-0.05, 0) is 38.0 Å². The zero-order valence-electron chi connectivity index (χ0n) is 13.5. The highest BCUT2D eigenvalue weighted by atomic mass is 16.5. The maximum absolute atomic E-state index is 9.62. The first-order valence-corrected chi connectivity index (χ1v) is 7.92. The molecule has 23 heavy (non-hydrogen) atoms. The number of nitriles is 1. The summed E-state index contributed by atoms with van der Waals surface area (Å²) in [5, 5.41) is 18.2. The van der Waals surface area contributed by atoms with Crippen molar-refractivity contribution in [3.63, 3.8) is 0 Å². The van der Waals surface area contributed by atoms with Crippen LogP contribution in [-0.2, 0) is 13.0 Å². The number of ether oxygens (including phenoxy) is 1. The van der Waals surface area contributed by atoms with Gasteiger partial charge in [-0.25, -0.2) is 0 Å². The third-order valence-electron chi connectivity index (χ3n) is 4.16. The molecule has 118 valence electrons. The summed E-state index contributed by atoms with van der Waals surface area (Å²) in [6, 6.07) is 8.19. The van der Waals surface area contributed by atoms with Crippen molar-refractivity contribution in [3.05, 3.63) is 41.0 Å². The van der Waals surface area contributed by atoms with Gasteiger partial charge in [0, 0.05) is 18.5 Å². The Bertz CT molecular complexity index is 783. The molecule has 0 N–H and O–H groups in total. The van der Waals surface area contributed by atoms with Crippen LogP contribution in [0.4, 0.5) is 0 Å². The zero-order chi connectivity index (χ0) is 16.2. The Morgan fingerprint density at radius 2 is 2.17 bits per heavy atom. The fourth-order valence-corrected chi connectivity index (χ4v) is 2.95. The van der Waals surface area contributed by atoms with Crippen LogP contribution in [-0.4, -0.2) is 21.9 Å². The predicted molar refractivity (Wildman–Crippen MR) is 88.8 cm³/mol. The second kappa shape index (κ2) is 6.66. The molecular formula is C18H20N4O. The molecule has 0 saturated carbocycles. The van der Waals surface area contributed by atoms with Crippen LogP contribution in [0.1, 0.15) is 42.0 Å². The van der Waals surface area contributed by atoms with Crippen LogP contribution >= 0.6 is 0 Å². The van der Waals surface area contributed by atoms with E-state index in [-0.39, 0.29) is 0 Å². The molecule has 1 aromatic carbocycles. The quantitative estimate of drug-likeness (QED) is 0.815. The van der Waals surface area contributed by atoms with Crippen LogP contribution in [0, 0.1) is 18.3 Å². The topological polar surface area (TPSA) is 63.7 Å². The molecule has 0 radical (unpaired) electrons. The summed E-state index contributed by atoms with van der Waals surface area (Å²) in [5.74, 6) is 2.39. The van der Waals surface area contributed by atoms with Gasteiger partial charge in [-0.3, -0.25) is 0 Å². The third kappa shape index (κ3) is 3.11. The number of methoxy groups -OCH3 is 1. The highest BCUT2D eigenvalue weighted by molar-refractivity contribution is 5.88. The van der Waals surface area contributed by atoms with Crippen molar-refractivity contribution in [2.24, 2.45) is 0 Å². The Labute approximate surface area is 136 Å². The van der Waals surface area contributed by atoms with Gasteiger partial charge >= 0.3 is 0 Å². The fourth-order valence-electron chi connectivity index (χ4n) is 2.95. The van der Waals surface area contributed by atoms with E-state index in [4.69, 9.17) is 4.74 Å². The highest BCUT2D eigenvalue weighted by Crippen LogP contribution is 2.26. The van der Waals surface area contributed by atoms with E-state index >= 15 is 0 Å². The van der Waals surface area contributed by atoms with Crippen LogP contribution in [0.25, 0.3) is 11.6 Å². The largest absolute Gasteiger partial charge is 0.496 e. The van der Waals surface area contributed by atoms with Gasteiger partial charge in [0.15, 0.2) is 5.82 Å². The Morgan fingerprint density at radius 3 is 2.96 bits per heavy atom. The van der Waals surface area contributed by atoms with E-state index in [0.717, 1.165) is 48.5 Å². The van der Waals surface area contributed by atoms with E-state index in [1.165, 1.54) is 6.42 Å². The number of fused-ring (bicyclic) bond motifs is 1. The number of nitrogens with zero attached hydrogens (tertiary/aromatic N) is 4. The van der Waals surface area contributed by atoms with E-state index < -0.39 is 0 Å². The smallest absolute Gasteiger partial charge is 0.174 e. The van der Waals surface area contributed by atoms with Gasteiger partial charge < -0.3 is 9.30 Å². The predicted octanol–water partition coefficient (Wildman–Crippen LogP) is 3.39. The summed E-state index contributed by atoms with van der Waals surface area (Å²) >= 11 is 0. The molecule has 1 aliphatic rings. The fraction of sp³-hybridized carbons (Fsp3) is 0.389. The molecule has 0 amide bonds. The van der Waals surface area contributed by atoms with Crippen LogP contribution in [0.15, 0.2) is 18.2 Å². The standard InChI is InChI=1S/C18H20N4O/c1-13-7-8-16(23-2)14(10-13)11-15(12-19)18-21-20-17-6-4-3-5-9-22(17)18/h7-8,10-11H,3-6,9H2,1-2H3/b15-11+. The minimum Gasteiger partial charge on any atom is -0.496 e. The van der Waals surface area contributed by atoms with Gasteiger partial charge in [0.05, 0.1) is 12.7 Å². The third-order valence-corrected chi connectivity index (χ3v) is 4.16. The molecule has 5 heteroatoms. The molecule has 1 aromatic heterocycles. The molecule has 0 bridgehead atoms. The first-order chi connectivity index (χ1) is 11.2. The van der Waals surface area contributed by atoms with Crippen LogP contribution in [0.3, 0.4) is 0 Å². The van der Waals surface area contributed by atoms with Crippen molar-refractivity contribution in [2.75, 3.05) is 7.11 Å². The Hall–Kier alpha value is -2.61. The lowest BCUT2D eigenvalue weighted by Crippen LogP contribution is -2.05. The van der Waals surface area contributed by atoms with Crippen molar-refractivity contribution >= 4 is 11.6 Å². The van der Waals surface area contributed by atoms with Crippen LogP contribution in [0.2, 0.25) is 0 Å². The molecule has 0 fully saturated rings. The number of aromatic nitrogens is 3. The summed E-state index contributed by atoms with van der Waals surface area (Å²) < 4.78 is 7.49. The number of hydrogen-bond acceptors (Lipinski definition) is 4. The Kier molecular flexibility index (Phi) is 4.42. The Balaban J connectivity index is 2.06. The second-order valence-electron chi connectivity index (χ2n) is 5.82. The van der Waals surface area contributed by atoms with Crippen molar-refractivity contribution in [2.45, 2.75) is 39.2 Å². The highest BCUT2D eigenvalue weighted by Gasteiger charge is 2.18. The van der Waals surface area contributed by atoms with Crippen LogP contribution < -0.4 is 4.74 Å². The molecule has 1 aliphatic heterocycles. The SMILES string of the molecule is COc1ccc(C)cc1/C=C(\C#N)c1nnc2n1CCCCC2. The number of benzene rings is 1. The summed E-state index contributed by atoms with van der Waals surface area (Å²) in [4.78, 5) is 0. The first kappa shape index (κ1) is 15.3. The van der Waals surface area contributed by atoms with Crippen molar-refractivity contribution < 1.29 is 4.74 Å². The Morgan fingerprint density at radius 1 is 1.30 bits per heavy atom. The average Bonchev–Trinajstić information content (AvgIpc) is 2.81. The number of hydrogen-bond donors (Lipinski definition) is 0. The molecule has 0 saturated heterocycles. The number of allylic oxidation sites excluding steroid dienone is 1. The summed E-state index contributed by atoms with van der Waals surface area (Å²) in [6.45, 7) is 2.90. The van der Waals surface area contributed by atoms with Crippen molar-refractivity contribution in [1.29, 1.82) is 5.26 Å². The average molecular weight is 308 g/mol. The summed E-state index contributed by atoms with van der Waals surface area (Å²) in [6.07, 6.45) is 6.20. The lowest BCUT2D eigenvalue weighted by Gasteiger charge is -2.08. The van der Waals surface area contributed by atoms with Gasteiger partial charge in [-0.1, -0.05) is 18.1 Å². The lowest BCUT2D eigenvalue weighted by molar-refractivity contribution is 0.414. The molecule has 0 aliphatic carbocycles. The minimum atomic E-state index is 0.523. The van der Waals surface area contributed by atoms with E-state index in [9.17, 15) is 5.26 Å². The van der Waals surface area contributed by atoms with E-state index in [1.807, 2.05) is 31.2 Å². The van der Waals surface area contributed by atoms with Gasteiger partial charge in [0.25, 0.3) is 0 Å². The van der Waals surface area contributed by atoms with Gasteiger partial charge in [-0.15, -0.1) is 10.2 Å². The molecule has 0 atom stereocenters. The maximum atomic E-state index is 9.62. The maximum Gasteiger partial charge on any atom is 0.174 e. The normalized spacial score (nSPS) is 14.7. The number of rotatable bonds is 3. The van der Waals surface area contributed by atoms with E-state index in [0.29, 0.717) is 11.4 Å². The van der Waals surface area contributed by atoms with Gasteiger partial charge in [0.2, 0.25) is 0 Å². The second-order valence-corrected chi connectivity index (χ2v) is 5.82. The lowest BCUT2D eigenvalue weighted by atomic mass is 10.1.